The smallest absolute Gasteiger partial charge is 0.0275 e. The molecule has 2 heteroatoms. The molecule has 4 atom stereocenters. The van der Waals surface area contributed by atoms with Gasteiger partial charge in [-0.3, -0.25) is 0 Å². The van der Waals surface area contributed by atoms with E-state index >= 15 is 0 Å². The summed E-state index contributed by atoms with van der Waals surface area (Å²) in [5, 5.41) is 3.75. The Hall–Kier alpha value is -3.36. The van der Waals surface area contributed by atoms with Crippen molar-refractivity contribution in [2.75, 3.05) is 19.6 Å². The van der Waals surface area contributed by atoms with Crippen LogP contribution in [0.2, 0.25) is 0 Å². The molecule has 0 radical (unpaired) electrons. The topological polar surface area (TPSA) is 15.3 Å². The molecule has 0 unspecified atom stereocenters. The van der Waals surface area contributed by atoms with E-state index < -0.39 is 0 Å². The molecule has 4 heterocycles. The van der Waals surface area contributed by atoms with E-state index in [2.05, 4.69) is 107 Å². The Morgan fingerprint density at radius 2 is 1.57 bits per heavy atom. The number of hydrogen-bond donors (Lipinski definition) is 1. The zero-order valence-electron chi connectivity index (χ0n) is 23.4. The van der Waals surface area contributed by atoms with Crippen LogP contribution in [0.4, 0.5) is 0 Å². The lowest BCUT2D eigenvalue weighted by Gasteiger charge is -2.51. The average molecular weight is 525 g/mol. The minimum atomic E-state index is 0.441. The van der Waals surface area contributed by atoms with Crippen molar-refractivity contribution in [1.29, 1.82) is 0 Å². The Bertz CT molecular complexity index is 1490. The number of nitrogens with zero attached hydrogens (tertiary/aromatic N) is 1. The van der Waals surface area contributed by atoms with Gasteiger partial charge in [0.25, 0.3) is 0 Å². The Balaban J connectivity index is 1.23. The second-order valence-corrected chi connectivity index (χ2v) is 12.8. The van der Waals surface area contributed by atoms with Crippen LogP contribution in [0, 0.1) is 17.8 Å². The van der Waals surface area contributed by atoms with E-state index in [-0.39, 0.29) is 0 Å². The molecular weight excluding hydrogens is 484 g/mol. The van der Waals surface area contributed by atoms with Gasteiger partial charge in [0.1, 0.15) is 0 Å². The van der Waals surface area contributed by atoms with Gasteiger partial charge < -0.3 is 10.2 Å². The van der Waals surface area contributed by atoms with E-state index in [0.29, 0.717) is 17.8 Å². The maximum Gasteiger partial charge on any atom is 0.0275 e. The number of allylic oxidation sites excluding steroid dienone is 5. The molecule has 9 rings (SSSR count). The van der Waals surface area contributed by atoms with Crippen molar-refractivity contribution in [1.82, 2.24) is 10.2 Å². The normalized spacial score (nSPS) is 29.9. The molecule has 0 saturated carbocycles. The van der Waals surface area contributed by atoms with Gasteiger partial charge >= 0.3 is 0 Å². The second-order valence-electron chi connectivity index (χ2n) is 12.8. The van der Waals surface area contributed by atoms with Crippen molar-refractivity contribution >= 4 is 0 Å². The standard InChI is InChI=1S/C38H40N2/c1-3-9-26(10-4-1)23-28-24-35-31(30-12-7-6-11-29(28)30)14-16-33-32(35)15-17-34(36-25-40-21-18-27(36)19-22-40)38(33)37-13-5-2-8-20-39-37/h1-14,16,20,27-28,34,36,38-39H,15,17-19,21-25H2/t28-,34-,36-,38+/m1/s1. The fraction of sp³-hybridized carbons (Fsp3) is 0.368. The highest BCUT2D eigenvalue weighted by molar-refractivity contribution is 5.76. The van der Waals surface area contributed by atoms with E-state index in [4.69, 9.17) is 0 Å². The van der Waals surface area contributed by atoms with Gasteiger partial charge in [0, 0.05) is 24.4 Å². The van der Waals surface area contributed by atoms with Crippen molar-refractivity contribution in [2.24, 2.45) is 17.8 Å². The molecule has 40 heavy (non-hydrogen) atoms. The number of piperidine rings is 3. The Kier molecular flexibility index (Phi) is 6.25. The van der Waals surface area contributed by atoms with E-state index in [1.165, 1.54) is 73.3 Å². The fourth-order valence-corrected chi connectivity index (χ4v) is 9.05. The highest BCUT2D eigenvalue weighted by Gasteiger charge is 2.45. The number of hydrogen-bond acceptors (Lipinski definition) is 2. The minimum Gasteiger partial charge on any atom is -0.364 e. The van der Waals surface area contributed by atoms with E-state index in [1.54, 1.807) is 16.7 Å². The highest BCUT2D eigenvalue weighted by atomic mass is 15.1. The van der Waals surface area contributed by atoms with Gasteiger partial charge in [-0.15, -0.1) is 0 Å². The summed E-state index contributed by atoms with van der Waals surface area (Å²) < 4.78 is 0. The van der Waals surface area contributed by atoms with Crippen LogP contribution in [-0.4, -0.2) is 24.5 Å². The first-order chi connectivity index (χ1) is 19.8. The maximum absolute atomic E-state index is 3.75. The zero-order valence-corrected chi connectivity index (χ0v) is 23.4. The molecule has 2 aliphatic carbocycles. The van der Waals surface area contributed by atoms with Crippen LogP contribution in [0.1, 0.15) is 58.9 Å². The molecule has 0 spiro atoms. The Morgan fingerprint density at radius 1 is 0.725 bits per heavy atom. The van der Waals surface area contributed by atoms with E-state index in [9.17, 15) is 0 Å². The monoisotopic (exact) mass is 524 g/mol. The SMILES string of the molecule is C1=CC=C([C@H]2c3ccc4c(c3CC[C@@H]2[C@@H]2CN3CCC2CC3)C[C@@H](Cc2ccccc2)c2ccccc2-4)NC=C1. The summed E-state index contributed by atoms with van der Waals surface area (Å²) in [6.07, 6.45) is 18.6. The molecule has 2 bridgehead atoms. The molecule has 202 valence electrons. The third-order valence-electron chi connectivity index (χ3n) is 10.9. The molecule has 1 N–H and O–H groups in total. The van der Waals surface area contributed by atoms with Crippen LogP contribution in [0.15, 0.2) is 103 Å². The van der Waals surface area contributed by atoms with Crippen LogP contribution in [0.25, 0.3) is 11.1 Å². The molecule has 3 saturated heterocycles. The van der Waals surface area contributed by atoms with Crippen molar-refractivity contribution < 1.29 is 0 Å². The van der Waals surface area contributed by atoms with Crippen LogP contribution >= 0.6 is 0 Å². The largest absolute Gasteiger partial charge is 0.364 e. The summed E-state index contributed by atoms with van der Waals surface area (Å²) in [5.41, 5.74) is 12.2. The Morgan fingerprint density at radius 3 is 2.42 bits per heavy atom. The zero-order chi connectivity index (χ0) is 26.5. The number of fused-ring (bicyclic) bond motifs is 8. The van der Waals surface area contributed by atoms with Gasteiger partial charge in [-0.25, -0.2) is 0 Å². The number of benzene rings is 3. The van der Waals surface area contributed by atoms with Crippen molar-refractivity contribution in [2.45, 2.75) is 50.4 Å². The highest BCUT2D eigenvalue weighted by Crippen LogP contribution is 2.52. The van der Waals surface area contributed by atoms with Crippen LogP contribution in [-0.2, 0) is 19.3 Å². The lowest BCUT2D eigenvalue weighted by Crippen LogP contribution is -2.51. The average Bonchev–Trinajstić information content (AvgIpc) is 3.31. The summed E-state index contributed by atoms with van der Waals surface area (Å²) in [5.74, 6) is 3.38. The third-order valence-corrected chi connectivity index (χ3v) is 10.9. The molecule has 3 aromatic carbocycles. The molecule has 3 fully saturated rings. The van der Waals surface area contributed by atoms with Crippen LogP contribution < -0.4 is 5.32 Å². The summed E-state index contributed by atoms with van der Waals surface area (Å²) in [7, 11) is 0. The molecule has 3 aromatic rings. The lowest BCUT2D eigenvalue weighted by molar-refractivity contribution is 0.0102. The van der Waals surface area contributed by atoms with Crippen molar-refractivity contribution in [3.63, 3.8) is 0 Å². The van der Waals surface area contributed by atoms with Gasteiger partial charge in [0.2, 0.25) is 0 Å². The first kappa shape index (κ1) is 24.4. The summed E-state index contributed by atoms with van der Waals surface area (Å²) in [6, 6.07) is 25.4. The van der Waals surface area contributed by atoms with Crippen molar-refractivity contribution in [3.8, 4) is 11.1 Å². The van der Waals surface area contributed by atoms with Gasteiger partial charge in [-0.2, -0.15) is 0 Å². The number of nitrogens with one attached hydrogen (secondary N) is 1. The van der Waals surface area contributed by atoms with Gasteiger partial charge in [0.05, 0.1) is 0 Å². The maximum atomic E-state index is 3.75. The lowest BCUT2D eigenvalue weighted by atomic mass is 9.60. The van der Waals surface area contributed by atoms with Crippen LogP contribution in [0.5, 0.6) is 0 Å². The van der Waals surface area contributed by atoms with E-state index in [1.807, 2.05) is 0 Å². The predicted molar refractivity (Wildman–Crippen MR) is 165 cm³/mol. The molecular formula is C38H40N2. The summed E-state index contributed by atoms with van der Waals surface area (Å²) >= 11 is 0. The first-order valence-electron chi connectivity index (χ1n) is 15.6. The summed E-state index contributed by atoms with van der Waals surface area (Å²) in [6.45, 7) is 3.94. The third kappa shape index (κ3) is 4.20. The fourth-order valence-electron chi connectivity index (χ4n) is 9.05. The molecule has 6 aliphatic rings. The quantitative estimate of drug-likeness (QED) is 0.375. The van der Waals surface area contributed by atoms with Crippen LogP contribution in [0.3, 0.4) is 0 Å². The molecule has 0 aromatic heterocycles. The van der Waals surface area contributed by atoms with Gasteiger partial charge in [-0.05, 0) is 126 Å². The Labute approximate surface area is 239 Å². The van der Waals surface area contributed by atoms with Gasteiger partial charge in [0.15, 0.2) is 0 Å². The second kappa shape index (κ2) is 10.2. The summed E-state index contributed by atoms with van der Waals surface area (Å²) in [4.78, 5) is 2.75. The van der Waals surface area contributed by atoms with Gasteiger partial charge in [-0.1, -0.05) is 78.9 Å². The van der Waals surface area contributed by atoms with Crippen molar-refractivity contribution in [3.05, 3.63) is 131 Å². The molecule has 0 amide bonds. The molecule has 4 aliphatic heterocycles. The molecule has 2 nitrogen and oxygen atoms in total. The predicted octanol–water partition coefficient (Wildman–Crippen LogP) is 7.78. The minimum absolute atomic E-state index is 0.441. The van der Waals surface area contributed by atoms with E-state index in [0.717, 1.165) is 24.7 Å². The number of rotatable bonds is 4. The first-order valence-corrected chi connectivity index (χ1v) is 15.6.